The number of benzene rings is 1. The molecule has 2 atom stereocenters. The van der Waals surface area contributed by atoms with Crippen molar-refractivity contribution in [2.75, 3.05) is 6.54 Å². The SMILES string of the molecule is CC(=O)NCC(O)C(O)c1ccc(C=O)c(C(F)(F)F)c1. The molecule has 0 heterocycles. The molecule has 5 nitrogen and oxygen atoms in total. The Balaban J connectivity index is 3.03. The smallest absolute Gasteiger partial charge is 0.388 e. The van der Waals surface area contributed by atoms with Gasteiger partial charge < -0.3 is 15.5 Å². The van der Waals surface area contributed by atoms with Gasteiger partial charge in [0.2, 0.25) is 5.91 Å². The zero-order valence-corrected chi connectivity index (χ0v) is 11.0. The van der Waals surface area contributed by atoms with Crippen LogP contribution in [0.25, 0.3) is 0 Å². The number of carbonyl (C=O) groups excluding carboxylic acids is 2. The molecule has 0 aliphatic heterocycles. The molecule has 1 rings (SSSR count). The van der Waals surface area contributed by atoms with Crippen LogP contribution < -0.4 is 5.32 Å². The van der Waals surface area contributed by atoms with Gasteiger partial charge in [-0.1, -0.05) is 12.1 Å². The number of hydrogen-bond acceptors (Lipinski definition) is 4. The Morgan fingerprint density at radius 1 is 1.38 bits per heavy atom. The molecule has 0 aliphatic carbocycles. The van der Waals surface area contributed by atoms with Gasteiger partial charge in [-0.15, -0.1) is 0 Å². The third-order valence-electron chi connectivity index (χ3n) is 2.78. The fourth-order valence-corrected chi connectivity index (χ4v) is 1.69. The molecule has 0 aromatic heterocycles. The summed E-state index contributed by atoms with van der Waals surface area (Å²) < 4.78 is 38.3. The van der Waals surface area contributed by atoms with E-state index < -0.39 is 35.4 Å². The van der Waals surface area contributed by atoms with Gasteiger partial charge in [0.25, 0.3) is 0 Å². The molecule has 0 radical (unpaired) electrons. The highest BCUT2D eigenvalue weighted by molar-refractivity contribution is 5.77. The van der Waals surface area contributed by atoms with Gasteiger partial charge in [-0.2, -0.15) is 13.2 Å². The van der Waals surface area contributed by atoms with Gasteiger partial charge in [0.15, 0.2) is 6.29 Å². The van der Waals surface area contributed by atoms with E-state index >= 15 is 0 Å². The first kappa shape index (κ1) is 17.1. The number of carbonyl (C=O) groups is 2. The molecular weight excluding hydrogens is 291 g/mol. The minimum Gasteiger partial charge on any atom is -0.388 e. The van der Waals surface area contributed by atoms with Crippen LogP contribution in [-0.2, 0) is 11.0 Å². The third kappa shape index (κ3) is 4.54. The van der Waals surface area contributed by atoms with Gasteiger partial charge in [-0.25, -0.2) is 0 Å². The van der Waals surface area contributed by atoms with Crippen LogP contribution >= 0.6 is 0 Å². The van der Waals surface area contributed by atoms with Crippen LogP contribution in [-0.4, -0.2) is 35.1 Å². The highest BCUT2D eigenvalue weighted by Crippen LogP contribution is 2.33. The van der Waals surface area contributed by atoms with E-state index in [0.717, 1.165) is 12.1 Å². The molecule has 0 fully saturated rings. The molecule has 0 bridgehead atoms. The normalized spacial score (nSPS) is 14.4. The lowest BCUT2D eigenvalue weighted by molar-refractivity contribution is -0.138. The number of amides is 1. The van der Waals surface area contributed by atoms with Crippen LogP contribution in [0.4, 0.5) is 13.2 Å². The molecule has 8 heteroatoms. The van der Waals surface area contributed by atoms with Gasteiger partial charge >= 0.3 is 6.18 Å². The number of hydrogen-bond donors (Lipinski definition) is 3. The predicted molar refractivity (Wildman–Crippen MR) is 66.5 cm³/mol. The maximum atomic E-state index is 12.8. The predicted octanol–water partition coefficient (Wildman–Crippen LogP) is 1.05. The summed E-state index contributed by atoms with van der Waals surface area (Å²) in [6.45, 7) is 0.882. The largest absolute Gasteiger partial charge is 0.417 e. The van der Waals surface area contributed by atoms with Crippen LogP contribution in [0.3, 0.4) is 0 Å². The summed E-state index contributed by atoms with van der Waals surface area (Å²) >= 11 is 0. The minimum absolute atomic E-state index is 0.0622. The van der Waals surface area contributed by atoms with E-state index in [1.807, 2.05) is 0 Å². The quantitative estimate of drug-likeness (QED) is 0.710. The number of halogens is 3. The molecular formula is C13H14F3NO4. The van der Waals surface area contributed by atoms with E-state index in [-0.39, 0.29) is 18.4 Å². The van der Waals surface area contributed by atoms with Gasteiger partial charge in [-0.3, -0.25) is 9.59 Å². The summed E-state index contributed by atoms with van der Waals surface area (Å²) in [5, 5.41) is 21.7. The van der Waals surface area contributed by atoms with Gasteiger partial charge in [0, 0.05) is 19.0 Å². The van der Waals surface area contributed by atoms with Crippen LogP contribution in [0.5, 0.6) is 0 Å². The van der Waals surface area contributed by atoms with Gasteiger partial charge in [-0.05, 0) is 11.6 Å². The number of nitrogens with one attached hydrogen (secondary N) is 1. The van der Waals surface area contributed by atoms with Crippen molar-refractivity contribution in [2.24, 2.45) is 0 Å². The molecule has 1 amide bonds. The lowest BCUT2D eigenvalue weighted by Gasteiger charge is -2.20. The summed E-state index contributed by atoms with van der Waals surface area (Å²) in [7, 11) is 0. The van der Waals surface area contributed by atoms with Crippen LogP contribution in [0.2, 0.25) is 0 Å². The highest BCUT2D eigenvalue weighted by atomic mass is 19.4. The van der Waals surface area contributed by atoms with Crippen molar-refractivity contribution in [3.05, 3.63) is 34.9 Å². The lowest BCUT2D eigenvalue weighted by atomic mass is 9.98. The molecule has 0 saturated carbocycles. The van der Waals surface area contributed by atoms with Crippen molar-refractivity contribution in [3.8, 4) is 0 Å². The van der Waals surface area contributed by atoms with Crippen molar-refractivity contribution in [1.82, 2.24) is 5.32 Å². The molecule has 21 heavy (non-hydrogen) atoms. The van der Waals surface area contributed by atoms with E-state index in [0.29, 0.717) is 6.07 Å². The van der Waals surface area contributed by atoms with E-state index in [9.17, 15) is 33.0 Å². The minimum atomic E-state index is -4.76. The van der Waals surface area contributed by atoms with Gasteiger partial charge in [0.1, 0.15) is 12.2 Å². The van der Waals surface area contributed by atoms with E-state index in [1.54, 1.807) is 0 Å². The third-order valence-corrected chi connectivity index (χ3v) is 2.78. The lowest BCUT2D eigenvalue weighted by Crippen LogP contribution is -2.34. The van der Waals surface area contributed by atoms with E-state index in [4.69, 9.17) is 0 Å². The van der Waals surface area contributed by atoms with Gasteiger partial charge in [0.05, 0.1) is 5.56 Å². The average molecular weight is 305 g/mol. The van der Waals surface area contributed by atoms with Crippen molar-refractivity contribution in [3.63, 3.8) is 0 Å². The fraction of sp³-hybridized carbons (Fsp3) is 0.385. The van der Waals surface area contributed by atoms with Crippen LogP contribution in [0.1, 0.15) is 34.5 Å². The first-order chi connectivity index (χ1) is 9.66. The number of aliphatic hydroxyl groups excluding tert-OH is 2. The first-order valence-corrected chi connectivity index (χ1v) is 5.93. The molecule has 3 N–H and O–H groups in total. The number of alkyl halides is 3. The van der Waals surface area contributed by atoms with E-state index in [1.165, 1.54) is 6.92 Å². The molecule has 0 aliphatic rings. The second-order valence-corrected chi connectivity index (χ2v) is 4.41. The van der Waals surface area contributed by atoms with Crippen LogP contribution in [0, 0.1) is 0 Å². The summed E-state index contributed by atoms with van der Waals surface area (Å²) in [6.07, 6.45) is -7.79. The first-order valence-electron chi connectivity index (χ1n) is 5.93. The highest BCUT2D eigenvalue weighted by Gasteiger charge is 2.34. The zero-order valence-electron chi connectivity index (χ0n) is 11.0. The average Bonchev–Trinajstić information content (AvgIpc) is 2.42. The fourth-order valence-electron chi connectivity index (χ4n) is 1.69. The summed E-state index contributed by atoms with van der Waals surface area (Å²) in [4.78, 5) is 21.3. The Bertz CT molecular complexity index is 531. The number of aldehydes is 1. The Hall–Kier alpha value is -1.93. The van der Waals surface area contributed by atoms with Crippen molar-refractivity contribution < 1.29 is 33.0 Å². The maximum Gasteiger partial charge on any atom is 0.417 e. The molecule has 1 aromatic carbocycles. The summed E-state index contributed by atoms with van der Waals surface area (Å²) in [6, 6.07) is 2.63. The summed E-state index contributed by atoms with van der Waals surface area (Å²) in [5.41, 5.74) is -1.96. The zero-order chi connectivity index (χ0) is 16.2. The van der Waals surface area contributed by atoms with Crippen LogP contribution in [0.15, 0.2) is 18.2 Å². The Labute approximate surface area is 118 Å². The second-order valence-electron chi connectivity index (χ2n) is 4.41. The monoisotopic (exact) mass is 305 g/mol. The molecule has 0 spiro atoms. The van der Waals surface area contributed by atoms with Crippen molar-refractivity contribution in [2.45, 2.75) is 25.3 Å². The van der Waals surface area contributed by atoms with E-state index in [2.05, 4.69) is 5.32 Å². The topological polar surface area (TPSA) is 86.6 Å². The molecule has 1 aromatic rings. The summed E-state index contributed by atoms with van der Waals surface area (Å²) in [5.74, 6) is -0.450. The molecule has 116 valence electrons. The Kier molecular flexibility index (Phi) is 5.45. The molecule has 2 unspecified atom stereocenters. The Morgan fingerprint density at radius 3 is 2.48 bits per heavy atom. The second kappa shape index (κ2) is 6.68. The number of aliphatic hydroxyl groups is 2. The van der Waals surface area contributed by atoms with Crippen molar-refractivity contribution in [1.29, 1.82) is 0 Å². The Morgan fingerprint density at radius 2 is 2.00 bits per heavy atom. The van der Waals surface area contributed by atoms with Crippen molar-refractivity contribution >= 4 is 12.2 Å². The molecule has 0 saturated heterocycles. The standard InChI is InChI=1S/C13H14F3NO4/c1-7(19)17-5-11(20)12(21)8-2-3-9(6-18)10(4-8)13(14,15)16/h2-4,6,11-12,20-21H,5H2,1H3,(H,17,19). The maximum absolute atomic E-state index is 12.8. The number of rotatable bonds is 5.